The minimum absolute atomic E-state index is 0.303. The summed E-state index contributed by atoms with van der Waals surface area (Å²) in [4.78, 5) is 29.4. The van der Waals surface area contributed by atoms with Gasteiger partial charge < -0.3 is 9.73 Å². The molecule has 29 heavy (non-hydrogen) atoms. The average Bonchev–Trinajstić information content (AvgIpc) is 3.37. The van der Waals surface area contributed by atoms with Crippen molar-refractivity contribution < 1.29 is 14.0 Å². The first-order chi connectivity index (χ1) is 14.0. The zero-order chi connectivity index (χ0) is 20.4. The lowest BCUT2D eigenvalue weighted by molar-refractivity contribution is -0.112. The summed E-state index contributed by atoms with van der Waals surface area (Å²) < 4.78 is 6.94. The van der Waals surface area contributed by atoms with Gasteiger partial charge in [-0.25, -0.2) is 9.67 Å². The highest BCUT2D eigenvalue weighted by Crippen LogP contribution is 2.23. The van der Waals surface area contributed by atoms with Gasteiger partial charge in [0.05, 0.1) is 28.8 Å². The number of amides is 1. The lowest BCUT2D eigenvalue weighted by Gasteiger charge is -2.07. The van der Waals surface area contributed by atoms with E-state index in [1.54, 1.807) is 42.9 Å². The Balaban J connectivity index is 1.59. The number of nitrogens with one attached hydrogen (secondary N) is 1. The molecule has 7 nitrogen and oxygen atoms in total. The fourth-order valence-corrected chi connectivity index (χ4v) is 3.20. The summed E-state index contributed by atoms with van der Waals surface area (Å²) in [5.41, 5.74) is 3.48. The average molecular weight is 386 g/mol. The van der Waals surface area contributed by atoms with Gasteiger partial charge in [-0.2, -0.15) is 5.10 Å². The standard InChI is InChI=1S/C22H18N4O3/c1-14-20(15(2)26(25-14)18-9-4-3-5-10-18)21(27)22(28)24-17-8-6-7-16(11-17)19-12-23-13-29-19/h3-13H,1-2H3,(H,24,28). The number of hydrogen-bond acceptors (Lipinski definition) is 5. The molecule has 7 heteroatoms. The maximum atomic E-state index is 12.9. The number of aryl methyl sites for hydroxylation is 1. The van der Waals surface area contributed by atoms with Crippen molar-refractivity contribution in [3.63, 3.8) is 0 Å². The van der Waals surface area contributed by atoms with Crippen molar-refractivity contribution in [2.24, 2.45) is 0 Å². The van der Waals surface area contributed by atoms with E-state index < -0.39 is 11.7 Å². The van der Waals surface area contributed by atoms with Crippen LogP contribution >= 0.6 is 0 Å². The Morgan fingerprint density at radius 2 is 1.83 bits per heavy atom. The van der Waals surface area contributed by atoms with E-state index in [-0.39, 0.29) is 0 Å². The second-order valence-corrected chi connectivity index (χ2v) is 6.52. The summed E-state index contributed by atoms with van der Waals surface area (Å²) in [5, 5.41) is 7.09. The number of rotatable bonds is 5. The number of aromatic nitrogens is 3. The third-order valence-corrected chi connectivity index (χ3v) is 4.56. The Morgan fingerprint density at radius 3 is 2.55 bits per heavy atom. The molecule has 0 spiro atoms. The molecule has 0 saturated carbocycles. The molecule has 4 aromatic rings. The molecule has 2 heterocycles. The number of para-hydroxylation sites is 1. The van der Waals surface area contributed by atoms with Crippen LogP contribution in [-0.4, -0.2) is 26.5 Å². The third-order valence-electron chi connectivity index (χ3n) is 4.56. The van der Waals surface area contributed by atoms with E-state index in [9.17, 15) is 9.59 Å². The van der Waals surface area contributed by atoms with Gasteiger partial charge in [-0.05, 0) is 38.1 Å². The zero-order valence-electron chi connectivity index (χ0n) is 15.9. The summed E-state index contributed by atoms with van der Waals surface area (Å²) in [5.74, 6) is -0.783. The molecule has 1 N–H and O–H groups in total. The molecule has 1 amide bonds. The van der Waals surface area contributed by atoms with Crippen LogP contribution in [0, 0.1) is 13.8 Å². The summed E-state index contributed by atoms with van der Waals surface area (Å²) >= 11 is 0. The molecule has 0 atom stereocenters. The quantitative estimate of drug-likeness (QED) is 0.414. The van der Waals surface area contributed by atoms with Gasteiger partial charge in [0.1, 0.15) is 0 Å². The third kappa shape index (κ3) is 3.58. The van der Waals surface area contributed by atoms with Crippen molar-refractivity contribution >= 4 is 17.4 Å². The van der Waals surface area contributed by atoms with E-state index in [1.165, 1.54) is 6.39 Å². The van der Waals surface area contributed by atoms with E-state index in [0.717, 1.165) is 11.3 Å². The molecule has 0 aliphatic carbocycles. The van der Waals surface area contributed by atoms with E-state index in [4.69, 9.17) is 4.42 Å². The van der Waals surface area contributed by atoms with Crippen LogP contribution in [0.25, 0.3) is 17.0 Å². The highest BCUT2D eigenvalue weighted by atomic mass is 16.3. The Kier molecular flexibility index (Phi) is 4.78. The van der Waals surface area contributed by atoms with Crippen LogP contribution in [0.5, 0.6) is 0 Å². The minimum atomic E-state index is -0.724. The summed E-state index contributed by atoms with van der Waals surface area (Å²) in [6.45, 7) is 3.50. The van der Waals surface area contributed by atoms with E-state index in [2.05, 4.69) is 15.4 Å². The maximum Gasteiger partial charge on any atom is 0.296 e. The van der Waals surface area contributed by atoms with Crippen molar-refractivity contribution in [1.29, 1.82) is 0 Å². The fourth-order valence-electron chi connectivity index (χ4n) is 3.20. The molecule has 0 saturated heterocycles. The maximum absolute atomic E-state index is 12.9. The number of Topliss-reactive ketones (excluding diaryl/α,β-unsaturated/α-hetero) is 1. The van der Waals surface area contributed by atoms with Crippen LogP contribution in [0.4, 0.5) is 5.69 Å². The first-order valence-electron chi connectivity index (χ1n) is 9.01. The Labute approximate surface area is 167 Å². The van der Waals surface area contributed by atoms with E-state index in [0.29, 0.717) is 28.4 Å². The smallest absolute Gasteiger partial charge is 0.296 e. The van der Waals surface area contributed by atoms with Gasteiger partial charge >= 0.3 is 0 Å². The number of oxazole rings is 1. The molecule has 2 aromatic heterocycles. The van der Waals surface area contributed by atoms with Gasteiger partial charge in [-0.1, -0.05) is 30.3 Å². The number of ketones is 1. The normalized spacial score (nSPS) is 10.7. The summed E-state index contributed by atoms with van der Waals surface area (Å²) in [6, 6.07) is 16.5. The molecule has 0 unspecified atom stereocenters. The molecule has 4 rings (SSSR count). The van der Waals surface area contributed by atoms with Gasteiger partial charge in [0.2, 0.25) is 0 Å². The van der Waals surface area contributed by atoms with Crippen molar-refractivity contribution in [3.8, 4) is 17.0 Å². The van der Waals surface area contributed by atoms with E-state index in [1.807, 2.05) is 36.4 Å². The molecular formula is C22H18N4O3. The zero-order valence-corrected chi connectivity index (χ0v) is 15.9. The van der Waals surface area contributed by atoms with Gasteiger partial charge in [-0.15, -0.1) is 0 Å². The molecular weight excluding hydrogens is 368 g/mol. The Bertz CT molecular complexity index is 1180. The topological polar surface area (TPSA) is 90.0 Å². The van der Waals surface area contributed by atoms with Crippen LogP contribution in [0.2, 0.25) is 0 Å². The fraction of sp³-hybridized carbons (Fsp3) is 0.0909. The predicted molar refractivity (Wildman–Crippen MR) is 108 cm³/mol. The monoisotopic (exact) mass is 386 g/mol. The van der Waals surface area contributed by atoms with Gasteiger partial charge in [-0.3, -0.25) is 9.59 Å². The molecule has 2 aromatic carbocycles. The number of hydrogen-bond donors (Lipinski definition) is 1. The van der Waals surface area contributed by atoms with Gasteiger partial charge in [0.25, 0.3) is 11.7 Å². The van der Waals surface area contributed by atoms with Crippen molar-refractivity contribution in [1.82, 2.24) is 14.8 Å². The largest absolute Gasteiger partial charge is 0.444 e. The Morgan fingerprint density at radius 1 is 1.03 bits per heavy atom. The number of nitrogens with zero attached hydrogens (tertiary/aromatic N) is 3. The summed E-state index contributed by atoms with van der Waals surface area (Å²) in [7, 11) is 0. The molecule has 0 fully saturated rings. The molecule has 0 aliphatic heterocycles. The van der Waals surface area contributed by atoms with Gasteiger partial charge in [0, 0.05) is 11.3 Å². The van der Waals surface area contributed by atoms with E-state index >= 15 is 0 Å². The van der Waals surface area contributed by atoms with Crippen LogP contribution in [0.1, 0.15) is 21.7 Å². The lowest BCUT2D eigenvalue weighted by Crippen LogP contribution is -2.24. The number of anilines is 1. The van der Waals surface area contributed by atoms with Crippen molar-refractivity contribution in [2.75, 3.05) is 5.32 Å². The predicted octanol–water partition coefficient (Wildman–Crippen LogP) is 3.97. The first-order valence-corrected chi connectivity index (χ1v) is 9.01. The van der Waals surface area contributed by atoms with Crippen LogP contribution in [0.3, 0.4) is 0 Å². The Hall–Kier alpha value is -4.00. The molecule has 0 radical (unpaired) electrons. The van der Waals surface area contributed by atoms with Gasteiger partial charge in [0.15, 0.2) is 12.2 Å². The lowest BCUT2D eigenvalue weighted by atomic mass is 10.1. The second-order valence-electron chi connectivity index (χ2n) is 6.52. The number of carbonyl (C=O) groups is 2. The second kappa shape index (κ2) is 7.55. The molecule has 0 aliphatic rings. The highest BCUT2D eigenvalue weighted by molar-refractivity contribution is 6.47. The first kappa shape index (κ1) is 18.4. The highest BCUT2D eigenvalue weighted by Gasteiger charge is 2.25. The van der Waals surface area contributed by atoms with Crippen LogP contribution < -0.4 is 5.32 Å². The number of carbonyl (C=O) groups excluding carboxylic acids is 2. The van der Waals surface area contributed by atoms with Crippen molar-refractivity contribution in [2.45, 2.75) is 13.8 Å². The molecule has 144 valence electrons. The van der Waals surface area contributed by atoms with Crippen LogP contribution in [-0.2, 0) is 4.79 Å². The van der Waals surface area contributed by atoms with Crippen molar-refractivity contribution in [3.05, 3.63) is 84.1 Å². The SMILES string of the molecule is Cc1nn(-c2ccccc2)c(C)c1C(=O)C(=O)Nc1cccc(-c2cnco2)c1. The molecule has 0 bridgehead atoms. The van der Waals surface area contributed by atoms with Crippen LogP contribution in [0.15, 0.2) is 71.6 Å². The number of benzene rings is 2. The summed E-state index contributed by atoms with van der Waals surface area (Å²) in [6.07, 6.45) is 2.91. The minimum Gasteiger partial charge on any atom is -0.444 e.